The van der Waals surface area contributed by atoms with Gasteiger partial charge in [0.2, 0.25) is 0 Å². The summed E-state index contributed by atoms with van der Waals surface area (Å²) < 4.78 is 12.8. The van der Waals surface area contributed by atoms with Gasteiger partial charge in [0, 0.05) is 12.0 Å². The molecule has 2 aromatic carbocycles. The van der Waals surface area contributed by atoms with Crippen LogP contribution in [0.25, 0.3) is 0 Å². The molecule has 0 saturated carbocycles. The predicted octanol–water partition coefficient (Wildman–Crippen LogP) is 8.13. The van der Waals surface area contributed by atoms with E-state index in [0.717, 1.165) is 31.6 Å². The number of aryl methyl sites for hydroxylation is 1. The Bertz CT molecular complexity index is 880. The van der Waals surface area contributed by atoms with E-state index >= 15 is 0 Å². The average Bonchev–Trinajstić information content (AvgIpc) is 2.89. The smallest absolute Gasteiger partial charge is 0.365 e. The SMILES string of the molecule is CCCCCCCCCCc1ccccc1OC(CC)COC(=O)C(CC)[N+](C)(C)Cc1ccccc1. The molecule has 2 aromatic rings. The second kappa shape index (κ2) is 17.2. The molecule has 0 heterocycles. The molecule has 2 atom stereocenters. The van der Waals surface area contributed by atoms with Crippen molar-refractivity contribution < 1.29 is 18.8 Å². The highest BCUT2D eigenvalue weighted by Gasteiger charge is 2.35. The lowest BCUT2D eigenvalue weighted by Crippen LogP contribution is -2.52. The Morgan fingerprint density at radius 3 is 2.05 bits per heavy atom. The molecule has 206 valence electrons. The van der Waals surface area contributed by atoms with Crippen LogP contribution >= 0.6 is 0 Å². The summed E-state index contributed by atoms with van der Waals surface area (Å²) in [7, 11) is 4.22. The van der Waals surface area contributed by atoms with Crippen molar-refractivity contribution >= 4 is 5.97 Å². The molecule has 37 heavy (non-hydrogen) atoms. The first-order chi connectivity index (χ1) is 17.9. The number of esters is 1. The number of quaternary nitrogens is 1. The number of hydrogen-bond donors (Lipinski definition) is 0. The van der Waals surface area contributed by atoms with Crippen LogP contribution in [0.5, 0.6) is 5.75 Å². The van der Waals surface area contributed by atoms with E-state index < -0.39 is 0 Å². The number of ether oxygens (including phenoxy) is 2. The van der Waals surface area contributed by atoms with Crippen molar-refractivity contribution in [3.63, 3.8) is 0 Å². The van der Waals surface area contributed by atoms with Gasteiger partial charge in [-0.2, -0.15) is 0 Å². The first-order valence-electron chi connectivity index (χ1n) is 14.7. The first-order valence-corrected chi connectivity index (χ1v) is 14.7. The van der Waals surface area contributed by atoms with Gasteiger partial charge in [0.15, 0.2) is 6.04 Å². The van der Waals surface area contributed by atoms with Crippen molar-refractivity contribution in [1.29, 1.82) is 0 Å². The van der Waals surface area contributed by atoms with Crippen LogP contribution in [0.2, 0.25) is 0 Å². The monoisotopic (exact) mass is 510 g/mol. The number of carbonyl (C=O) groups excluding carboxylic acids is 1. The van der Waals surface area contributed by atoms with E-state index in [-0.39, 0.29) is 24.7 Å². The summed E-state index contributed by atoms with van der Waals surface area (Å²) in [6, 6.07) is 18.5. The Balaban J connectivity index is 1.86. The normalized spacial score (nSPS) is 13.2. The maximum Gasteiger partial charge on any atom is 0.365 e. The summed E-state index contributed by atoms with van der Waals surface area (Å²) in [5.41, 5.74) is 2.48. The van der Waals surface area contributed by atoms with Gasteiger partial charge in [-0.3, -0.25) is 0 Å². The zero-order valence-electron chi connectivity index (χ0n) is 24.2. The molecule has 0 saturated heterocycles. The number of para-hydroxylation sites is 1. The lowest BCUT2D eigenvalue weighted by atomic mass is 10.0. The summed E-state index contributed by atoms with van der Waals surface area (Å²) in [5.74, 6) is 0.790. The zero-order valence-corrected chi connectivity index (χ0v) is 24.2. The molecule has 0 aliphatic carbocycles. The number of likely N-dealkylation sites (N-methyl/N-ethyl adjacent to an activating group) is 1. The van der Waals surface area contributed by atoms with Crippen molar-refractivity contribution in [3.05, 3.63) is 65.7 Å². The van der Waals surface area contributed by atoms with Gasteiger partial charge < -0.3 is 14.0 Å². The molecule has 0 spiro atoms. The maximum absolute atomic E-state index is 13.1. The van der Waals surface area contributed by atoms with Crippen molar-refractivity contribution in [1.82, 2.24) is 0 Å². The van der Waals surface area contributed by atoms with Crippen LogP contribution in [-0.2, 0) is 22.5 Å². The van der Waals surface area contributed by atoms with E-state index in [1.54, 1.807) is 0 Å². The zero-order chi connectivity index (χ0) is 26.9. The Morgan fingerprint density at radius 1 is 0.784 bits per heavy atom. The standard InChI is InChI=1S/C33H52NO3/c1-6-9-10-11-12-13-14-18-23-29-24-19-20-25-32(29)37-30(7-2)27-36-33(35)31(8-3)34(4,5)26-28-21-16-15-17-22-28/h15-17,19-22,24-25,30-31H,6-14,18,23,26-27H2,1-5H3/q+1. The molecule has 0 amide bonds. The molecule has 0 bridgehead atoms. The molecule has 0 N–H and O–H groups in total. The van der Waals surface area contributed by atoms with Gasteiger partial charge in [-0.25, -0.2) is 4.79 Å². The maximum atomic E-state index is 13.1. The van der Waals surface area contributed by atoms with Gasteiger partial charge >= 0.3 is 5.97 Å². The Morgan fingerprint density at radius 2 is 1.41 bits per heavy atom. The highest BCUT2D eigenvalue weighted by molar-refractivity contribution is 5.74. The average molecular weight is 511 g/mol. The van der Waals surface area contributed by atoms with Gasteiger partial charge in [-0.05, 0) is 30.9 Å². The number of benzene rings is 2. The highest BCUT2D eigenvalue weighted by Crippen LogP contribution is 2.24. The summed E-state index contributed by atoms with van der Waals surface area (Å²) in [6.07, 6.45) is 12.9. The Hall–Kier alpha value is -2.33. The first kappa shape index (κ1) is 30.9. The van der Waals surface area contributed by atoms with Crippen molar-refractivity contribution in [3.8, 4) is 5.75 Å². The number of unbranched alkanes of at least 4 members (excludes halogenated alkanes) is 7. The molecular weight excluding hydrogens is 458 g/mol. The number of hydrogen-bond acceptors (Lipinski definition) is 3. The van der Waals surface area contributed by atoms with Crippen LogP contribution in [0.1, 0.15) is 96.1 Å². The lowest BCUT2D eigenvalue weighted by Gasteiger charge is -2.36. The molecule has 0 aliphatic rings. The fourth-order valence-electron chi connectivity index (χ4n) is 5.07. The van der Waals surface area contributed by atoms with Crippen LogP contribution in [0.3, 0.4) is 0 Å². The number of rotatable bonds is 19. The second-order valence-electron chi connectivity index (χ2n) is 11.0. The molecule has 0 aromatic heterocycles. The minimum Gasteiger partial charge on any atom is -0.487 e. The van der Waals surface area contributed by atoms with Crippen LogP contribution in [-0.4, -0.2) is 43.3 Å². The topological polar surface area (TPSA) is 35.5 Å². The molecular formula is C33H52NO3+. The summed E-state index contributed by atoms with van der Waals surface area (Å²) in [6.45, 7) is 7.48. The van der Waals surface area contributed by atoms with E-state index in [4.69, 9.17) is 9.47 Å². The van der Waals surface area contributed by atoms with Crippen molar-refractivity contribution in [2.45, 2.75) is 110 Å². The molecule has 2 rings (SSSR count). The lowest BCUT2D eigenvalue weighted by molar-refractivity contribution is -0.919. The molecule has 0 fully saturated rings. The van der Waals surface area contributed by atoms with Crippen LogP contribution in [0.15, 0.2) is 54.6 Å². The van der Waals surface area contributed by atoms with E-state index in [1.807, 2.05) is 24.3 Å². The molecule has 0 aliphatic heterocycles. The molecule has 2 unspecified atom stereocenters. The summed E-state index contributed by atoms with van der Waals surface area (Å²) in [4.78, 5) is 13.1. The van der Waals surface area contributed by atoms with Crippen LogP contribution in [0, 0.1) is 0 Å². The van der Waals surface area contributed by atoms with Crippen LogP contribution in [0.4, 0.5) is 0 Å². The third-order valence-electron chi connectivity index (χ3n) is 7.37. The van der Waals surface area contributed by atoms with Crippen molar-refractivity contribution in [2.75, 3.05) is 20.7 Å². The Labute approximate surface area is 227 Å². The number of nitrogens with zero attached hydrogens (tertiary/aromatic N) is 1. The predicted molar refractivity (Wildman–Crippen MR) is 155 cm³/mol. The van der Waals surface area contributed by atoms with E-state index in [1.165, 1.54) is 62.5 Å². The van der Waals surface area contributed by atoms with Crippen LogP contribution < -0.4 is 4.74 Å². The highest BCUT2D eigenvalue weighted by atomic mass is 16.6. The minimum atomic E-state index is -0.216. The minimum absolute atomic E-state index is 0.141. The molecule has 4 heteroatoms. The van der Waals surface area contributed by atoms with Gasteiger partial charge in [0.25, 0.3) is 0 Å². The largest absolute Gasteiger partial charge is 0.487 e. The quantitative estimate of drug-likeness (QED) is 0.109. The van der Waals surface area contributed by atoms with E-state index in [9.17, 15) is 4.79 Å². The second-order valence-corrected chi connectivity index (χ2v) is 11.0. The summed E-state index contributed by atoms with van der Waals surface area (Å²) in [5, 5.41) is 0. The van der Waals surface area contributed by atoms with Gasteiger partial charge in [0.05, 0.1) is 14.1 Å². The molecule has 0 radical (unpaired) electrons. The fraction of sp³-hybridized carbons (Fsp3) is 0.606. The fourth-order valence-corrected chi connectivity index (χ4v) is 5.07. The van der Waals surface area contributed by atoms with E-state index in [2.05, 4.69) is 65.2 Å². The van der Waals surface area contributed by atoms with Gasteiger partial charge in [-0.1, -0.05) is 114 Å². The number of carbonyl (C=O) groups is 1. The van der Waals surface area contributed by atoms with E-state index in [0.29, 0.717) is 4.48 Å². The van der Waals surface area contributed by atoms with Crippen molar-refractivity contribution in [2.24, 2.45) is 0 Å². The third kappa shape index (κ3) is 11.3. The third-order valence-corrected chi connectivity index (χ3v) is 7.37. The summed E-state index contributed by atoms with van der Waals surface area (Å²) >= 11 is 0. The molecule has 4 nitrogen and oxygen atoms in total. The van der Waals surface area contributed by atoms with Gasteiger partial charge in [-0.15, -0.1) is 0 Å². The Kier molecular flexibility index (Phi) is 14.4. The van der Waals surface area contributed by atoms with Gasteiger partial charge in [0.1, 0.15) is 25.0 Å².